The second-order valence-corrected chi connectivity index (χ2v) is 8.19. The summed E-state index contributed by atoms with van der Waals surface area (Å²) in [5, 5.41) is 14.7. The summed E-state index contributed by atoms with van der Waals surface area (Å²) in [7, 11) is -3.74. The first-order chi connectivity index (χ1) is 13.1. The molecule has 0 fully saturated rings. The molecule has 1 amide bonds. The number of hydrogen-bond acceptors (Lipinski definition) is 6. The predicted molar refractivity (Wildman–Crippen MR) is 107 cm³/mol. The van der Waals surface area contributed by atoms with Crippen molar-refractivity contribution in [3.63, 3.8) is 0 Å². The first-order valence-electron chi connectivity index (χ1n) is 7.88. The maximum absolute atomic E-state index is 12.2. The van der Waals surface area contributed by atoms with Gasteiger partial charge < -0.3 is 0 Å². The number of hydrazone groups is 1. The summed E-state index contributed by atoms with van der Waals surface area (Å²) < 4.78 is 25.2. The van der Waals surface area contributed by atoms with E-state index in [1.54, 1.807) is 19.1 Å². The highest BCUT2D eigenvalue weighted by molar-refractivity contribution is 7.92. The third-order valence-corrected chi connectivity index (χ3v) is 5.00. The molecule has 0 saturated heterocycles. The van der Waals surface area contributed by atoms with Crippen molar-refractivity contribution in [1.82, 2.24) is 5.43 Å². The van der Waals surface area contributed by atoms with Crippen LogP contribution in [0.15, 0.2) is 47.6 Å². The normalized spacial score (nSPS) is 11.4. The lowest BCUT2D eigenvalue weighted by atomic mass is 10.2. The van der Waals surface area contributed by atoms with Gasteiger partial charge >= 0.3 is 0 Å². The van der Waals surface area contributed by atoms with E-state index in [-0.39, 0.29) is 5.69 Å². The second-order valence-electron chi connectivity index (χ2n) is 5.84. The number of anilines is 1. The van der Waals surface area contributed by atoms with E-state index in [0.717, 1.165) is 10.6 Å². The van der Waals surface area contributed by atoms with Gasteiger partial charge in [-0.3, -0.25) is 19.2 Å². The molecule has 0 bridgehead atoms. The summed E-state index contributed by atoms with van der Waals surface area (Å²) in [6, 6.07) is 10.3. The van der Waals surface area contributed by atoms with Crippen molar-refractivity contribution < 1.29 is 18.1 Å². The van der Waals surface area contributed by atoms with Gasteiger partial charge in [0.2, 0.25) is 10.0 Å². The average Bonchev–Trinajstić information content (AvgIpc) is 2.61. The Labute approximate surface area is 166 Å². The molecule has 0 aliphatic carbocycles. The fraction of sp³-hybridized carbons (Fsp3) is 0.176. The second kappa shape index (κ2) is 8.81. The first kappa shape index (κ1) is 21.3. The van der Waals surface area contributed by atoms with Crippen molar-refractivity contribution in [2.45, 2.75) is 6.92 Å². The fourth-order valence-corrected chi connectivity index (χ4v) is 3.33. The third-order valence-electron chi connectivity index (χ3n) is 3.63. The number of carbonyl (C=O) groups excluding carboxylic acids is 1. The van der Waals surface area contributed by atoms with E-state index in [2.05, 4.69) is 10.5 Å². The Kier molecular flexibility index (Phi) is 6.71. The topological polar surface area (TPSA) is 122 Å². The third kappa shape index (κ3) is 5.76. The highest BCUT2D eigenvalue weighted by atomic mass is 35.5. The first-order valence-corrected chi connectivity index (χ1v) is 10.1. The lowest BCUT2D eigenvalue weighted by Crippen LogP contribution is -2.39. The summed E-state index contributed by atoms with van der Waals surface area (Å²) in [6.45, 7) is 1.21. The molecule has 0 saturated carbocycles. The van der Waals surface area contributed by atoms with Crippen LogP contribution in [0.3, 0.4) is 0 Å². The van der Waals surface area contributed by atoms with Crippen molar-refractivity contribution >= 4 is 45.1 Å². The fourth-order valence-electron chi connectivity index (χ4n) is 2.26. The molecular formula is C17H17ClN4O5S. The molecule has 0 radical (unpaired) electrons. The molecule has 0 spiro atoms. The van der Waals surface area contributed by atoms with Crippen LogP contribution in [0.25, 0.3) is 0 Å². The van der Waals surface area contributed by atoms with Gasteiger partial charge in [0.25, 0.3) is 11.6 Å². The number of amides is 1. The van der Waals surface area contributed by atoms with E-state index in [0.29, 0.717) is 21.8 Å². The standard InChI is InChI=1S/C17H17ClN4O5S/c1-12-3-6-14(18)9-16(12)21(28(2,26)27)11-17(23)20-19-10-13-4-7-15(8-5-13)22(24)25/h3-10H,11H2,1-2H3,(H,20,23)/b19-10-. The van der Waals surface area contributed by atoms with Crippen LogP contribution in [-0.4, -0.2) is 38.3 Å². The highest BCUT2D eigenvalue weighted by Gasteiger charge is 2.22. The lowest BCUT2D eigenvalue weighted by Gasteiger charge is -2.23. The maximum Gasteiger partial charge on any atom is 0.269 e. The van der Waals surface area contributed by atoms with Gasteiger partial charge in [-0.1, -0.05) is 17.7 Å². The monoisotopic (exact) mass is 424 g/mol. The Morgan fingerprint density at radius 2 is 1.93 bits per heavy atom. The van der Waals surface area contributed by atoms with Gasteiger partial charge in [0, 0.05) is 17.2 Å². The molecule has 2 rings (SSSR count). The number of non-ortho nitro benzene ring substituents is 1. The number of sulfonamides is 1. The number of halogens is 1. The molecule has 148 valence electrons. The minimum atomic E-state index is -3.74. The van der Waals surface area contributed by atoms with Crippen LogP contribution in [0, 0.1) is 17.0 Å². The minimum absolute atomic E-state index is 0.0677. The largest absolute Gasteiger partial charge is 0.271 e. The Morgan fingerprint density at radius 1 is 1.29 bits per heavy atom. The van der Waals surface area contributed by atoms with Crippen LogP contribution in [0.2, 0.25) is 5.02 Å². The molecule has 0 aliphatic rings. The molecule has 9 nitrogen and oxygen atoms in total. The number of benzene rings is 2. The summed E-state index contributed by atoms with van der Waals surface area (Å²) in [5.74, 6) is -0.664. The van der Waals surface area contributed by atoms with Crippen LogP contribution in [-0.2, 0) is 14.8 Å². The molecule has 2 aromatic carbocycles. The van der Waals surface area contributed by atoms with Crippen molar-refractivity contribution in [1.29, 1.82) is 0 Å². The van der Waals surface area contributed by atoms with Gasteiger partial charge in [-0.25, -0.2) is 13.8 Å². The number of carbonyl (C=O) groups is 1. The molecule has 0 aromatic heterocycles. The number of rotatable bonds is 7. The number of nitro groups is 1. The number of nitrogens with one attached hydrogen (secondary N) is 1. The molecule has 0 unspecified atom stereocenters. The average molecular weight is 425 g/mol. The predicted octanol–water partition coefficient (Wildman–Crippen LogP) is 2.47. The van der Waals surface area contributed by atoms with Crippen LogP contribution < -0.4 is 9.73 Å². The SMILES string of the molecule is Cc1ccc(Cl)cc1N(CC(=O)N/N=C\c1ccc([N+](=O)[O-])cc1)S(C)(=O)=O. The van der Waals surface area contributed by atoms with Crippen LogP contribution in [0.5, 0.6) is 0 Å². The smallest absolute Gasteiger partial charge is 0.269 e. The number of nitrogens with zero attached hydrogens (tertiary/aromatic N) is 3. The molecule has 2 aromatic rings. The van der Waals surface area contributed by atoms with Gasteiger partial charge in [-0.05, 0) is 42.3 Å². The molecule has 0 heterocycles. The number of nitro benzene ring substituents is 1. The Balaban J connectivity index is 2.10. The van der Waals surface area contributed by atoms with Crippen LogP contribution >= 0.6 is 11.6 Å². The van der Waals surface area contributed by atoms with E-state index in [1.807, 2.05) is 0 Å². The molecule has 1 N–H and O–H groups in total. The maximum atomic E-state index is 12.2. The van der Waals surface area contributed by atoms with Crippen molar-refractivity contribution in [2.75, 3.05) is 17.1 Å². The quantitative estimate of drug-likeness (QED) is 0.415. The van der Waals surface area contributed by atoms with Gasteiger partial charge in [0.05, 0.1) is 23.1 Å². The Bertz CT molecular complexity index is 1020. The Morgan fingerprint density at radius 3 is 2.50 bits per heavy atom. The van der Waals surface area contributed by atoms with E-state index < -0.39 is 27.4 Å². The van der Waals surface area contributed by atoms with E-state index >= 15 is 0 Å². The van der Waals surface area contributed by atoms with Gasteiger partial charge in [-0.2, -0.15) is 5.10 Å². The molecule has 11 heteroatoms. The zero-order chi connectivity index (χ0) is 20.9. The number of hydrogen-bond donors (Lipinski definition) is 1. The summed E-state index contributed by atoms with van der Waals surface area (Å²) >= 11 is 5.94. The van der Waals surface area contributed by atoms with Crippen molar-refractivity contribution in [3.8, 4) is 0 Å². The van der Waals surface area contributed by atoms with Gasteiger partial charge in [-0.15, -0.1) is 0 Å². The van der Waals surface area contributed by atoms with Crippen molar-refractivity contribution in [3.05, 3.63) is 68.7 Å². The van der Waals surface area contributed by atoms with Crippen LogP contribution in [0.1, 0.15) is 11.1 Å². The summed E-state index contributed by atoms with van der Waals surface area (Å²) in [4.78, 5) is 22.2. The lowest BCUT2D eigenvalue weighted by molar-refractivity contribution is -0.384. The summed E-state index contributed by atoms with van der Waals surface area (Å²) in [5.41, 5.74) is 3.62. The van der Waals surface area contributed by atoms with Gasteiger partial charge in [0.1, 0.15) is 6.54 Å². The minimum Gasteiger partial charge on any atom is -0.271 e. The highest BCUT2D eigenvalue weighted by Crippen LogP contribution is 2.26. The zero-order valence-electron chi connectivity index (χ0n) is 15.0. The zero-order valence-corrected chi connectivity index (χ0v) is 16.6. The van der Waals surface area contributed by atoms with E-state index in [9.17, 15) is 23.3 Å². The molecule has 28 heavy (non-hydrogen) atoms. The molecule has 0 aliphatic heterocycles. The Hall–Kier alpha value is -2.98. The number of aryl methyl sites for hydroxylation is 1. The molecule has 0 atom stereocenters. The molecular weight excluding hydrogens is 408 g/mol. The van der Waals surface area contributed by atoms with Gasteiger partial charge in [0.15, 0.2) is 0 Å². The summed E-state index contributed by atoms with van der Waals surface area (Å²) in [6.07, 6.45) is 2.28. The van der Waals surface area contributed by atoms with E-state index in [1.165, 1.54) is 36.5 Å². The van der Waals surface area contributed by atoms with Crippen LogP contribution in [0.4, 0.5) is 11.4 Å². The van der Waals surface area contributed by atoms with Crippen molar-refractivity contribution in [2.24, 2.45) is 5.10 Å². The van der Waals surface area contributed by atoms with E-state index in [4.69, 9.17) is 11.6 Å².